The molecular formula is C27H36BBrN2O5. The number of amides is 2. The van der Waals surface area contributed by atoms with E-state index >= 15 is 0 Å². The summed E-state index contributed by atoms with van der Waals surface area (Å²) < 4.78 is 17.9. The van der Waals surface area contributed by atoms with Crippen molar-refractivity contribution in [2.45, 2.75) is 77.5 Å². The van der Waals surface area contributed by atoms with Gasteiger partial charge in [0, 0.05) is 27.6 Å². The number of hydrazine groups is 1. The van der Waals surface area contributed by atoms with Crippen molar-refractivity contribution in [1.82, 2.24) is 10.4 Å². The molecule has 0 atom stereocenters. The molecule has 0 aromatic heterocycles. The van der Waals surface area contributed by atoms with E-state index in [4.69, 9.17) is 14.0 Å². The van der Waals surface area contributed by atoms with Gasteiger partial charge in [0.2, 0.25) is 0 Å². The Morgan fingerprint density at radius 3 is 2.19 bits per heavy atom. The highest BCUT2D eigenvalue weighted by atomic mass is 79.9. The molecule has 1 aliphatic rings. The Labute approximate surface area is 223 Å². The summed E-state index contributed by atoms with van der Waals surface area (Å²) in [5.74, 6) is -0.363. The summed E-state index contributed by atoms with van der Waals surface area (Å²) in [5, 5.41) is 1.64. The number of ether oxygens (including phenoxy) is 1. The average Bonchev–Trinajstić information content (AvgIpc) is 3.02. The molecule has 0 bridgehead atoms. The Kier molecular flexibility index (Phi) is 8.11. The second-order valence-corrected chi connectivity index (χ2v) is 11.6. The molecule has 1 saturated heterocycles. The molecule has 7 nitrogen and oxygen atoms in total. The van der Waals surface area contributed by atoms with Crippen LogP contribution in [0.15, 0.2) is 36.4 Å². The van der Waals surface area contributed by atoms with E-state index in [9.17, 15) is 9.59 Å². The Balaban J connectivity index is 2.05. The Morgan fingerprint density at radius 1 is 1.06 bits per heavy atom. The largest absolute Gasteiger partial charge is 0.496 e. The van der Waals surface area contributed by atoms with Crippen molar-refractivity contribution in [3.05, 3.63) is 58.7 Å². The molecule has 0 spiro atoms. The number of carbonyl (C=O) groups excluding carboxylic acids is 2. The molecule has 2 amide bonds. The molecule has 2 aromatic carbocycles. The summed E-state index contributed by atoms with van der Waals surface area (Å²) >= 11 is 3.53. The number of nitrogens with zero attached hydrogens (tertiary/aromatic N) is 1. The van der Waals surface area contributed by atoms with Gasteiger partial charge in [-0.3, -0.25) is 9.59 Å². The van der Waals surface area contributed by atoms with Crippen molar-refractivity contribution in [3.8, 4) is 5.75 Å². The normalized spacial score (nSPS) is 16.7. The van der Waals surface area contributed by atoms with Gasteiger partial charge in [-0.15, -0.1) is 0 Å². The average molecular weight is 559 g/mol. The molecule has 9 heteroatoms. The van der Waals surface area contributed by atoms with Crippen LogP contribution in [0.3, 0.4) is 0 Å². The first kappa shape index (κ1) is 28.4. The van der Waals surface area contributed by atoms with Crippen LogP contribution in [0.25, 0.3) is 0 Å². The first-order valence-corrected chi connectivity index (χ1v) is 13.1. The summed E-state index contributed by atoms with van der Waals surface area (Å²) in [6.07, 6.45) is 0. The third kappa shape index (κ3) is 5.69. The predicted molar refractivity (Wildman–Crippen MR) is 146 cm³/mol. The van der Waals surface area contributed by atoms with Crippen molar-refractivity contribution in [2.24, 2.45) is 0 Å². The van der Waals surface area contributed by atoms with Gasteiger partial charge in [0.25, 0.3) is 11.8 Å². The van der Waals surface area contributed by atoms with Gasteiger partial charge in [0.1, 0.15) is 5.75 Å². The van der Waals surface area contributed by atoms with E-state index < -0.39 is 35.7 Å². The Bertz CT molecular complexity index is 1140. The molecule has 0 saturated carbocycles. The number of methoxy groups -OCH3 is 1. The number of halogens is 1. The zero-order valence-corrected chi connectivity index (χ0v) is 24.2. The zero-order chi connectivity index (χ0) is 27.1. The topological polar surface area (TPSA) is 77.1 Å². The standard InChI is InChI=1S/C27H36BBrN2O5/c1-17-20(11-10-12-22(17)34-9)24(33)31(30-25(2,3)4)23(32)18-13-14-19(16-29)21(15-18)28-35-26(5,6)27(7,8)36-28/h10-15,30H,16H2,1-9H3. The fourth-order valence-electron chi connectivity index (χ4n) is 3.89. The lowest BCUT2D eigenvalue weighted by Crippen LogP contribution is -2.55. The van der Waals surface area contributed by atoms with Gasteiger partial charge in [0.15, 0.2) is 0 Å². The molecule has 2 aromatic rings. The van der Waals surface area contributed by atoms with E-state index in [-0.39, 0.29) is 0 Å². The quantitative estimate of drug-likeness (QED) is 0.238. The van der Waals surface area contributed by atoms with Crippen molar-refractivity contribution in [1.29, 1.82) is 0 Å². The van der Waals surface area contributed by atoms with Crippen LogP contribution in [-0.4, -0.2) is 47.8 Å². The van der Waals surface area contributed by atoms with E-state index in [1.807, 2.05) is 54.5 Å². The van der Waals surface area contributed by atoms with Crippen molar-refractivity contribution < 1.29 is 23.6 Å². The van der Waals surface area contributed by atoms with Crippen molar-refractivity contribution in [2.75, 3.05) is 7.11 Å². The third-order valence-corrected chi connectivity index (χ3v) is 7.24. The van der Waals surface area contributed by atoms with Crippen molar-refractivity contribution in [3.63, 3.8) is 0 Å². The second kappa shape index (κ2) is 10.3. The molecule has 1 fully saturated rings. The summed E-state index contributed by atoms with van der Waals surface area (Å²) in [7, 11) is 0.908. The minimum Gasteiger partial charge on any atom is -0.496 e. The molecule has 3 rings (SSSR count). The number of rotatable bonds is 6. The van der Waals surface area contributed by atoms with Gasteiger partial charge in [-0.05, 0) is 90.7 Å². The number of hydrogen-bond donors (Lipinski definition) is 1. The first-order chi connectivity index (χ1) is 16.6. The summed E-state index contributed by atoms with van der Waals surface area (Å²) in [6.45, 7) is 15.4. The third-order valence-electron chi connectivity index (χ3n) is 6.63. The van der Waals surface area contributed by atoms with E-state index in [1.54, 1.807) is 44.4 Å². The van der Waals surface area contributed by atoms with Gasteiger partial charge >= 0.3 is 7.12 Å². The highest BCUT2D eigenvalue weighted by Crippen LogP contribution is 2.37. The highest BCUT2D eigenvalue weighted by molar-refractivity contribution is 9.08. The van der Waals surface area contributed by atoms with Crippen LogP contribution in [0, 0.1) is 6.92 Å². The maximum Gasteiger partial charge on any atom is 0.495 e. The van der Waals surface area contributed by atoms with Crippen LogP contribution in [0.4, 0.5) is 0 Å². The fraction of sp³-hybridized carbons (Fsp3) is 0.481. The smallest absolute Gasteiger partial charge is 0.495 e. The van der Waals surface area contributed by atoms with Crippen LogP contribution < -0.4 is 15.6 Å². The summed E-state index contributed by atoms with van der Waals surface area (Å²) in [6, 6.07) is 10.5. The first-order valence-electron chi connectivity index (χ1n) is 12.0. The van der Waals surface area contributed by atoms with Crippen LogP contribution in [0.2, 0.25) is 0 Å². The number of hydrogen-bond acceptors (Lipinski definition) is 6. The number of alkyl halides is 1. The summed E-state index contributed by atoms with van der Waals surface area (Å²) in [5.41, 5.74) is 4.54. The van der Waals surface area contributed by atoms with Gasteiger partial charge in [-0.25, -0.2) is 10.4 Å². The maximum absolute atomic E-state index is 13.8. The van der Waals surface area contributed by atoms with E-state index in [0.29, 0.717) is 27.8 Å². The van der Waals surface area contributed by atoms with E-state index in [0.717, 1.165) is 16.0 Å². The predicted octanol–water partition coefficient (Wildman–Crippen LogP) is 4.78. The molecule has 0 unspecified atom stereocenters. The van der Waals surface area contributed by atoms with Gasteiger partial charge in [0.05, 0.1) is 18.3 Å². The maximum atomic E-state index is 13.8. The molecule has 0 radical (unpaired) electrons. The minimum atomic E-state index is -0.643. The van der Waals surface area contributed by atoms with Crippen LogP contribution >= 0.6 is 15.9 Å². The number of imide groups is 1. The molecule has 0 aliphatic carbocycles. The molecule has 1 N–H and O–H groups in total. The Morgan fingerprint density at radius 2 is 1.67 bits per heavy atom. The number of nitrogens with one attached hydrogen (secondary N) is 1. The van der Waals surface area contributed by atoms with E-state index in [2.05, 4.69) is 21.4 Å². The summed E-state index contributed by atoms with van der Waals surface area (Å²) in [4.78, 5) is 27.5. The van der Waals surface area contributed by atoms with Gasteiger partial charge in [-0.2, -0.15) is 0 Å². The molecule has 194 valence electrons. The van der Waals surface area contributed by atoms with Crippen LogP contribution in [-0.2, 0) is 14.6 Å². The fourth-order valence-corrected chi connectivity index (χ4v) is 4.40. The number of benzene rings is 2. The minimum absolute atomic E-state index is 0.343. The molecular weight excluding hydrogens is 523 g/mol. The van der Waals surface area contributed by atoms with Gasteiger partial charge in [-0.1, -0.05) is 28.1 Å². The lowest BCUT2D eigenvalue weighted by atomic mass is 9.75. The zero-order valence-electron chi connectivity index (χ0n) is 22.6. The lowest BCUT2D eigenvalue weighted by molar-refractivity contribution is 0.00578. The molecule has 36 heavy (non-hydrogen) atoms. The lowest BCUT2D eigenvalue weighted by Gasteiger charge is -2.32. The molecule has 1 aliphatic heterocycles. The van der Waals surface area contributed by atoms with Gasteiger partial charge < -0.3 is 14.0 Å². The van der Waals surface area contributed by atoms with Crippen LogP contribution in [0.5, 0.6) is 5.75 Å². The number of carbonyl (C=O) groups is 2. The monoisotopic (exact) mass is 558 g/mol. The second-order valence-electron chi connectivity index (χ2n) is 11.1. The Hall–Kier alpha value is -2.20. The van der Waals surface area contributed by atoms with E-state index in [1.165, 1.54) is 0 Å². The highest BCUT2D eigenvalue weighted by Gasteiger charge is 2.52. The molecule has 1 heterocycles. The van der Waals surface area contributed by atoms with Crippen molar-refractivity contribution >= 4 is 40.3 Å². The van der Waals surface area contributed by atoms with Crippen LogP contribution in [0.1, 0.15) is 80.3 Å². The SMILES string of the molecule is COc1cccc(C(=O)N(NC(C)(C)C)C(=O)c2ccc(CBr)c(B3OC(C)(C)C(C)(C)O3)c2)c1C.